The van der Waals surface area contributed by atoms with Gasteiger partial charge in [0.05, 0.1) is 4.58 Å². The van der Waals surface area contributed by atoms with Crippen molar-refractivity contribution in [2.45, 2.75) is 30.8 Å². The molecule has 3 heterocycles. The smallest absolute Gasteiger partial charge is 0.260 e. The van der Waals surface area contributed by atoms with Crippen LogP contribution in [0.3, 0.4) is 0 Å². The Morgan fingerprint density at radius 2 is 1.81 bits per heavy atom. The standard InChI is InChI=1S/C24H29N3O3S2/c1-17-3-8-21(25-15-17)26-23(29)18-9-11-27(12-10-18)22(28)16-30-20-6-4-19(5-7-20)24-31-13-2-14-32-24/h3-8,15,18,24H,2,9-14,16H2,1H3,(H,25,26,29). The molecule has 2 aromatic rings. The topological polar surface area (TPSA) is 71.5 Å². The highest BCUT2D eigenvalue weighted by Gasteiger charge is 2.27. The summed E-state index contributed by atoms with van der Waals surface area (Å²) >= 11 is 3.98. The van der Waals surface area contributed by atoms with Crippen LogP contribution in [0.1, 0.15) is 35.0 Å². The van der Waals surface area contributed by atoms with Gasteiger partial charge < -0.3 is 15.0 Å². The van der Waals surface area contributed by atoms with Gasteiger partial charge >= 0.3 is 0 Å². The van der Waals surface area contributed by atoms with E-state index in [-0.39, 0.29) is 24.3 Å². The number of aryl methyl sites for hydroxylation is 1. The highest BCUT2D eigenvalue weighted by molar-refractivity contribution is 8.16. The van der Waals surface area contributed by atoms with Gasteiger partial charge in [-0.1, -0.05) is 18.2 Å². The molecule has 2 fully saturated rings. The summed E-state index contributed by atoms with van der Waals surface area (Å²) in [5.41, 5.74) is 2.36. The Labute approximate surface area is 197 Å². The first kappa shape index (κ1) is 23.0. The van der Waals surface area contributed by atoms with Crippen molar-refractivity contribution in [3.8, 4) is 5.75 Å². The molecule has 2 aliphatic heterocycles. The lowest BCUT2D eigenvalue weighted by Gasteiger charge is -2.31. The maximum atomic E-state index is 12.6. The predicted molar refractivity (Wildman–Crippen MR) is 131 cm³/mol. The first-order valence-corrected chi connectivity index (χ1v) is 13.2. The Balaban J connectivity index is 1.19. The van der Waals surface area contributed by atoms with Crippen molar-refractivity contribution >= 4 is 41.2 Å². The third-order valence-electron chi connectivity index (χ3n) is 5.72. The zero-order chi connectivity index (χ0) is 22.3. The van der Waals surface area contributed by atoms with Gasteiger partial charge in [-0.25, -0.2) is 4.98 Å². The molecule has 1 N–H and O–H groups in total. The molecular weight excluding hydrogens is 442 g/mol. The van der Waals surface area contributed by atoms with Gasteiger partial charge in [-0.2, -0.15) is 0 Å². The second-order valence-corrected chi connectivity index (χ2v) is 10.9. The summed E-state index contributed by atoms with van der Waals surface area (Å²) in [7, 11) is 0. The predicted octanol–water partition coefficient (Wildman–Crippen LogP) is 4.51. The van der Waals surface area contributed by atoms with Crippen LogP contribution in [0.25, 0.3) is 0 Å². The van der Waals surface area contributed by atoms with Crippen molar-refractivity contribution in [2.24, 2.45) is 5.92 Å². The molecule has 1 aromatic carbocycles. The van der Waals surface area contributed by atoms with E-state index in [1.807, 2.05) is 54.7 Å². The van der Waals surface area contributed by atoms with Crippen molar-refractivity contribution in [1.82, 2.24) is 9.88 Å². The first-order chi connectivity index (χ1) is 15.6. The summed E-state index contributed by atoms with van der Waals surface area (Å²) in [4.78, 5) is 31.1. The summed E-state index contributed by atoms with van der Waals surface area (Å²) in [5.74, 6) is 3.54. The molecule has 0 saturated carbocycles. The van der Waals surface area contributed by atoms with Gasteiger partial charge in [0.25, 0.3) is 5.91 Å². The summed E-state index contributed by atoms with van der Waals surface area (Å²) < 4.78 is 6.23. The molecule has 2 saturated heterocycles. The summed E-state index contributed by atoms with van der Waals surface area (Å²) in [6.45, 7) is 3.11. The van der Waals surface area contributed by atoms with E-state index in [1.54, 1.807) is 11.1 Å². The number of carbonyl (C=O) groups is 2. The van der Waals surface area contributed by atoms with Gasteiger partial charge in [0.1, 0.15) is 11.6 Å². The van der Waals surface area contributed by atoms with E-state index in [0.29, 0.717) is 42.1 Å². The minimum absolute atomic E-state index is 0.0242. The van der Waals surface area contributed by atoms with Crippen molar-refractivity contribution in [1.29, 1.82) is 0 Å². The average molecular weight is 472 g/mol. The molecule has 170 valence electrons. The zero-order valence-corrected chi connectivity index (χ0v) is 19.9. The van der Waals surface area contributed by atoms with E-state index in [0.717, 1.165) is 5.56 Å². The molecule has 0 aliphatic carbocycles. The number of hydrogen-bond donors (Lipinski definition) is 1. The van der Waals surface area contributed by atoms with Crippen LogP contribution in [0, 0.1) is 12.8 Å². The van der Waals surface area contributed by atoms with Gasteiger partial charge in [0.2, 0.25) is 5.91 Å². The molecule has 0 atom stereocenters. The molecular formula is C24H29N3O3S2. The number of benzene rings is 1. The molecule has 0 spiro atoms. The molecule has 1 aromatic heterocycles. The fourth-order valence-corrected chi connectivity index (χ4v) is 6.69. The van der Waals surface area contributed by atoms with Gasteiger partial charge in [0.15, 0.2) is 6.61 Å². The third kappa shape index (κ3) is 6.19. The number of ether oxygens (including phenoxy) is 1. The zero-order valence-electron chi connectivity index (χ0n) is 18.3. The third-order valence-corrected chi connectivity index (χ3v) is 8.74. The molecule has 0 radical (unpaired) electrons. The molecule has 8 heteroatoms. The molecule has 32 heavy (non-hydrogen) atoms. The lowest BCUT2D eigenvalue weighted by Crippen LogP contribution is -2.43. The first-order valence-electron chi connectivity index (χ1n) is 11.1. The van der Waals surface area contributed by atoms with E-state index >= 15 is 0 Å². The number of anilines is 1. The van der Waals surface area contributed by atoms with E-state index < -0.39 is 0 Å². The fourth-order valence-electron chi connectivity index (χ4n) is 3.80. The van der Waals surface area contributed by atoms with Crippen LogP contribution in [0.4, 0.5) is 5.82 Å². The summed E-state index contributed by atoms with van der Waals surface area (Å²) in [6, 6.07) is 11.8. The molecule has 2 aliphatic rings. The maximum absolute atomic E-state index is 12.6. The molecule has 0 unspecified atom stereocenters. The quantitative estimate of drug-likeness (QED) is 0.668. The number of rotatable bonds is 6. The minimum Gasteiger partial charge on any atom is -0.484 e. The lowest BCUT2D eigenvalue weighted by molar-refractivity contribution is -0.136. The number of nitrogens with zero attached hydrogens (tertiary/aromatic N) is 2. The van der Waals surface area contributed by atoms with Crippen LogP contribution < -0.4 is 10.1 Å². The second kappa shape index (κ2) is 11.1. The summed E-state index contributed by atoms with van der Waals surface area (Å²) in [5, 5.41) is 2.88. The van der Waals surface area contributed by atoms with Crippen LogP contribution >= 0.6 is 23.5 Å². The van der Waals surface area contributed by atoms with E-state index in [9.17, 15) is 9.59 Å². The van der Waals surface area contributed by atoms with Crippen LogP contribution in [-0.4, -0.2) is 52.9 Å². The van der Waals surface area contributed by atoms with Crippen molar-refractivity contribution in [3.05, 3.63) is 53.7 Å². The second-order valence-electron chi connectivity index (χ2n) is 8.15. The number of piperidine rings is 1. The van der Waals surface area contributed by atoms with E-state index in [2.05, 4.69) is 22.4 Å². The van der Waals surface area contributed by atoms with Crippen LogP contribution in [0.15, 0.2) is 42.6 Å². The maximum Gasteiger partial charge on any atom is 0.260 e. The monoisotopic (exact) mass is 471 g/mol. The Morgan fingerprint density at radius 3 is 2.47 bits per heavy atom. The van der Waals surface area contributed by atoms with Crippen molar-refractivity contribution < 1.29 is 14.3 Å². The van der Waals surface area contributed by atoms with E-state index in [4.69, 9.17) is 4.74 Å². The number of hydrogen-bond acceptors (Lipinski definition) is 6. The number of carbonyl (C=O) groups excluding carboxylic acids is 2. The lowest BCUT2D eigenvalue weighted by atomic mass is 9.96. The average Bonchev–Trinajstić information content (AvgIpc) is 2.85. The largest absolute Gasteiger partial charge is 0.484 e. The van der Waals surface area contributed by atoms with Gasteiger partial charge in [-0.15, -0.1) is 23.5 Å². The summed E-state index contributed by atoms with van der Waals surface area (Å²) in [6.07, 6.45) is 4.31. The molecule has 6 nitrogen and oxygen atoms in total. The molecule has 4 rings (SSSR count). The van der Waals surface area contributed by atoms with E-state index in [1.165, 1.54) is 23.5 Å². The number of likely N-dealkylation sites (tertiary alicyclic amines) is 1. The Bertz CT molecular complexity index is 907. The Kier molecular flexibility index (Phi) is 7.97. The number of pyridine rings is 1. The van der Waals surface area contributed by atoms with Gasteiger partial charge in [0, 0.05) is 25.2 Å². The number of thioether (sulfide) groups is 2. The number of amides is 2. The van der Waals surface area contributed by atoms with Crippen molar-refractivity contribution in [2.75, 3.05) is 36.5 Å². The highest BCUT2D eigenvalue weighted by Crippen LogP contribution is 2.43. The van der Waals surface area contributed by atoms with Crippen LogP contribution in [0.2, 0.25) is 0 Å². The normalized spacial score (nSPS) is 17.7. The van der Waals surface area contributed by atoms with Crippen molar-refractivity contribution in [3.63, 3.8) is 0 Å². The SMILES string of the molecule is Cc1ccc(NC(=O)C2CCN(C(=O)COc3ccc(C4SCCCS4)cc3)CC2)nc1. The number of aromatic nitrogens is 1. The van der Waals surface area contributed by atoms with Crippen LogP contribution in [0.5, 0.6) is 5.75 Å². The van der Waals surface area contributed by atoms with Gasteiger partial charge in [-0.3, -0.25) is 9.59 Å². The Hall–Kier alpha value is -2.19. The van der Waals surface area contributed by atoms with Crippen LogP contribution in [-0.2, 0) is 9.59 Å². The highest BCUT2D eigenvalue weighted by atomic mass is 32.2. The molecule has 2 amide bonds. The number of nitrogens with one attached hydrogen (secondary N) is 1. The Morgan fingerprint density at radius 1 is 1.09 bits per heavy atom. The minimum atomic E-state index is -0.105. The fraction of sp³-hybridized carbons (Fsp3) is 0.458. The molecule has 0 bridgehead atoms. The van der Waals surface area contributed by atoms with Gasteiger partial charge in [-0.05, 0) is 67.0 Å².